The van der Waals surface area contributed by atoms with Crippen molar-refractivity contribution in [1.82, 2.24) is 9.97 Å². The van der Waals surface area contributed by atoms with Gasteiger partial charge in [-0.05, 0) is 38.8 Å². The van der Waals surface area contributed by atoms with Gasteiger partial charge < -0.3 is 0 Å². The molecule has 2 nitrogen and oxygen atoms in total. The number of thiazole rings is 1. The SMILES string of the molecule is Cc1nc2c(C)c(C)c(C)nc2s1. The summed E-state index contributed by atoms with van der Waals surface area (Å²) in [5.74, 6) is 0. The van der Waals surface area contributed by atoms with E-state index in [2.05, 4.69) is 30.7 Å². The molecule has 0 aliphatic carbocycles. The largest absolute Gasteiger partial charge is 0.240 e. The fraction of sp³-hybridized carbons (Fsp3) is 0.400. The van der Waals surface area contributed by atoms with Crippen molar-refractivity contribution in [3.8, 4) is 0 Å². The first-order valence-corrected chi connectivity index (χ1v) is 5.12. The standard InChI is InChI=1S/C10H12N2S/c1-5-6(2)9-10(11-7(5)3)13-8(4)12-9/h1-4H3. The zero-order valence-electron chi connectivity index (χ0n) is 8.30. The Hall–Kier alpha value is -0.960. The smallest absolute Gasteiger partial charge is 0.144 e. The van der Waals surface area contributed by atoms with Gasteiger partial charge in [0, 0.05) is 5.69 Å². The Morgan fingerprint density at radius 3 is 2.31 bits per heavy atom. The maximum atomic E-state index is 4.51. The molecule has 0 fully saturated rings. The summed E-state index contributed by atoms with van der Waals surface area (Å²) >= 11 is 1.67. The molecule has 2 aromatic rings. The first-order valence-electron chi connectivity index (χ1n) is 4.30. The number of hydrogen-bond acceptors (Lipinski definition) is 3. The van der Waals surface area contributed by atoms with Crippen molar-refractivity contribution in [3.05, 3.63) is 21.8 Å². The van der Waals surface area contributed by atoms with Crippen molar-refractivity contribution in [2.24, 2.45) is 0 Å². The zero-order valence-corrected chi connectivity index (χ0v) is 9.12. The highest BCUT2D eigenvalue weighted by Gasteiger charge is 2.08. The maximum Gasteiger partial charge on any atom is 0.144 e. The van der Waals surface area contributed by atoms with E-state index in [1.807, 2.05) is 6.92 Å². The Morgan fingerprint density at radius 2 is 1.62 bits per heavy atom. The van der Waals surface area contributed by atoms with Crippen LogP contribution in [0.5, 0.6) is 0 Å². The van der Waals surface area contributed by atoms with E-state index >= 15 is 0 Å². The van der Waals surface area contributed by atoms with E-state index in [4.69, 9.17) is 0 Å². The minimum absolute atomic E-state index is 1.07. The Bertz CT molecular complexity index is 471. The number of nitrogens with zero attached hydrogens (tertiary/aromatic N) is 2. The molecule has 0 amide bonds. The molecule has 2 rings (SSSR count). The molecule has 0 aliphatic heterocycles. The Kier molecular flexibility index (Phi) is 1.84. The fourth-order valence-electron chi connectivity index (χ4n) is 1.42. The van der Waals surface area contributed by atoms with Gasteiger partial charge in [-0.2, -0.15) is 0 Å². The third kappa shape index (κ3) is 1.23. The zero-order chi connectivity index (χ0) is 9.59. The van der Waals surface area contributed by atoms with E-state index in [1.165, 1.54) is 11.1 Å². The molecular formula is C10H12N2S. The van der Waals surface area contributed by atoms with E-state index in [1.54, 1.807) is 11.3 Å². The summed E-state index contributed by atoms with van der Waals surface area (Å²) in [5.41, 5.74) is 4.73. The van der Waals surface area contributed by atoms with Crippen LogP contribution in [0, 0.1) is 27.7 Å². The van der Waals surface area contributed by atoms with Crippen molar-refractivity contribution in [3.63, 3.8) is 0 Å². The van der Waals surface area contributed by atoms with Gasteiger partial charge in [0.15, 0.2) is 0 Å². The number of fused-ring (bicyclic) bond motifs is 1. The van der Waals surface area contributed by atoms with Crippen molar-refractivity contribution in [2.45, 2.75) is 27.7 Å². The summed E-state index contributed by atoms with van der Waals surface area (Å²) in [4.78, 5) is 10.1. The lowest BCUT2D eigenvalue weighted by molar-refractivity contribution is 1.16. The van der Waals surface area contributed by atoms with Crippen LogP contribution in [-0.4, -0.2) is 9.97 Å². The van der Waals surface area contributed by atoms with Gasteiger partial charge in [-0.1, -0.05) is 11.3 Å². The van der Waals surface area contributed by atoms with Crippen molar-refractivity contribution < 1.29 is 0 Å². The monoisotopic (exact) mass is 192 g/mol. The van der Waals surface area contributed by atoms with Crippen LogP contribution in [0.3, 0.4) is 0 Å². The molecule has 0 spiro atoms. The maximum absolute atomic E-state index is 4.51. The van der Waals surface area contributed by atoms with Crippen LogP contribution < -0.4 is 0 Å². The van der Waals surface area contributed by atoms with E-state index in [0.717, 1.165) is 21.0 Å². The second-order valence-corrected chi connectivity index (χ2v) is 4.52. The normalized spacial score (nSPS) is 11.1. The molecule has 3 heteroatoms. The number of aromatic nitrogens is 2. The first kappa shape index (κ1) is 8.63. The molecule has 2 aromatic heterocycles. The van der Waals surface area contributed by atoms with Gasteiger partial charge in [0.05, 0.1) is 5.01 Å². The highest BCUT2D eigenvalue weighted by molar-refractivity contribution is 7.18. The van der Waals surface area contributed by atoms with Gasteiger partial charge in [-0.15, -0.1) is 0 Å². The van der Waals surface area contributed by atoms with Gasteiger partial charge in [0.25, 0.3) is 0 Å². The molecule has 0 aliphatic rings. The average Bonchev–Trinajstić information content (AvgIpc) is 2.42. The summed E-state index contributed by atoms with van der Waals surface area (Å²) in [7, 11) is 0. The second-order valence-electron chi connectivity index (χ2n) is 3.33. The average molecular weight is 192 g/mol. The lowest BCUT2D eigenvalue weighted by atomic mass is 10.1. The quantitative estimate of drug-likeness (QED) is 0.641. The van der Waals surface area contributed by atoms with Crippen LogP contribution >= 0.6 is 11.3 Å². The van der Waals surface area contributed by atoms with Crippen LogP contribution in [-0.2, 0) is 0 Å². The van der Waals surface area contributed by atoms with Crippen LogP contribution in [0.4, 0.5) is 0 Å². The van der Waals surface area contributed by atoms with Crippen molar-refractivity contribution >= 4 is 21.7 Å². The lowest BCUT2D eigenvalue weighted by Gasteiger charge is -2.02. The molecule has 0 saturated heterocycles. The third-order valence-electron chi connectivity index (χ3n) is 2.45. The van der Waals surface area contributed by atoms with E-state index < -0.39 is 0 Å². The minimum Gasteiger partial charge on any atom is -0.240 e. The highest BCUT2D eigenvalue weighted by Crippen LogP contribution is 2.25. The molecule has 68 valence electrons. The summed E-state index contributed by atoms with van der Waals surface area (Å²) in [6.07, 6.45) is 0. The lowest BCUT2D eigenvalue weighted by Crippen LogP contribution is -1.91. The Balaban J connectivity index is 2.92. The van der Waals surface area contributed by atoms with E-state index in [-0.39, 0.29) is 0 Å². The van der Waals surface area contributed by atoms with Crippen LogP contribution in [0.2, 0.25) is 0 Å². The van der Waals surface area contributed by atoms with E-state index in [9.17, 15) is 0 Å². The molecule has 0 bridgehead atoms. The summed E-state index contributed by atoms with van der Waals surface area (Å²) in [6, 6.07) is 0. The van der Waals surface area contributed by atoms with E-state index in [0.29, 0.717) is 0 Å². The van der Waals surface area contributed by atoms with Crippen molar-refractivity contribution in [1.29, 1.82) is 0 Å². The summed E-state index contributed by atoms with van der Waals surface area (Å²) < 4.78 is 0. The second kappa shape index (κ2) is 2.77. The minimum atomic E-state index is 1.07. The van der Waals surface area contributed by atoms with Crippen LogP contribution in [0.15, 0.2) is 0 Å². The molecule has 0 radical (unpaired) electrons. The topological polar surface area (TPSA) is 25.8 Å². The molecule has 0 N–H and O–H groups in total. The fourth-order valence-corrected chi connectivity index (χ4v) is 2.32. The molecular weight excluding hydrogens is 180 g/mol. The highest BCUT2D eigenvalue weighted by atomic mass is 32.1. The number of rotatable bonds is 0. The molecule has 0 unspecified atom stereocenters. The number of hydrogen-bond donors (Lipinski definition) is 0. The Labute approximate surface area is 81.7 Å². The molecule has 0 aromatic carbocycles. The van der Waals surface area contributed by atoms with Crippen LogP contribution in [0.1, 0.15) is 21.8 Å². The molecule has 2 heterocycles. The van der Waals surface area contributed by atoms with Gasteiger partial charge in [-0.25, -0.2) is 9.97 Å². The van der Waals surface area contributed by atoms with Crippen molar-refractivity contribution in [2.75, 3.05) is 0 Å². The summed E-state index contributed by atoms with van der Waals surface area (Å²) in [5, 5.41) is 1.09. The molecule has 0 saturated carbocycles. The number of aryl methyl sites for hydroxylation is 3. The molecule has 13 heavy (non-hydrogen) atoms. The summed E-state index contributed by atoms with van der Waals surface area (Å²) in [6.45, 7) is 8.30. The predicted molar refractivity (Wildman–Crippen MR) is 56.4 cm³/mol. The van der Waals surface area contributed by atoms with Gasteiger partial charge in [0.1, 0.15) is 10.3 Å². The van der Waals surface area contributed by atoms with Gasteiger partial charge >= 0.3 is 0 Å². The predicted octanol–water partition coefficient (Wildman–Crippen LogP) is 2.92. The molecule has 0 atom stereocenters. The third-order valence-corrected chi connectivity index (χ3v) is 3.31. The van der Waals surface area contributed by atoms with Gasteiger partial charge in [-0.3, -0.25) is 0 Å². The van der Waals surface area contributed by atoms with Crippen LogP contribution in [0.25, 0.3) is 10.3 Å². The number of pyridine rings is 1. The Morgan fingerprint density at radius 1 is 0.923 bits per heavy atom. The van der Waals surface area contributed by atoms with Gasteiger partial charge in [0.2, 0.25) is 0 Å². The first-order chi connectivity index (χ1) is 6.09.